The summed E-state index contributed by atoms with van der Waals surface area (Å²) in [5.74, 6) is 0.721. The standard InChI is InChI=1S/C15H29NO/c1-5-7-9-14(6-2)12-17-11-8-10-15(3,4)13-16/h14H,5-12H2,1-4H3. The maximum absolute atomic E-state index is 8.88. The quantitative estimate of drug-likeness (QED) is 0.524. The number of rotatable bonds is 10. The third-order valence-corrected chi connectivity index (χ3v) is 3.29. The van der Waals surface area contributed by atoms with Gasteiger partial charge in [-0.2, -0.15) is 5.26 Å². The highest BCUT2D eigenvalue weighted by Crippen LogP contribution is 2.20. The summed E-state index contributed by atoms with van der Waals surface area (Å²) >= 11 is 0. The number of hydrogen-bond donors (Lipinski definition) is 0. The van der Waals surface area contributed by atoms with E-state index in [1.807, 2.05) is 13.8 Å². The highest BCUT2D eigenvalue weighted by atomic mass is 16.5. The molecule has 0 aliphatic heterocycles. The minimum absolute atomic E-state index is 0.199. The molecule has 2 heteroatoms. The van der Waals surface area contributed by atoms with Crippen LogP contribution in [0.2, 0.25) is 0 Å². The molecule has 0 fully saturated rings. The SMILES string of the molecule is CCCCC(CC)COCCCC(C)(C)C#N. The van der Waals surface area contributed by atoms with Crippen LogP contribution >= 0.6 is 0 Å². The lowest BCUT2D eigenvalue weighted by molar-refractivity contribution is 0.0875. The van der Waals surface area contributed by atoms with Crippen LogP contribution in [0, 0.1) is 22.7 Å². The summed E-state index contributed by atoms with van der Waals surface area (Å²) in [7, 11) is 0. The lowest BCUT2D eigenvalue weighted by Crippen LogP contribution is -2.12. The average Bonchev–Trinajstić information content (AvgIpc) is 2.32. The first-order valence-corrected chi connectivity index (χ1v) is 7.04. The molecule has 0 aliphatic carbocycles. The van der Waals surface area contributed by atoms with Crippen molar-refractivity contribution in [3.8, 4) is 6.07 Å². The monoisotopic (exact) mass is 239 g/mol. The van der Waals surface area contributed by atoms with Gasteiger partial charge in [-0.1, -0.05) is 33.1 Å². The molecule has 0 N–H and O–H groups in total. The molecule has 0 aromatic heterocycles. The van der Waals surface area contributed by atoms with Crippen LogP contribution in [-0.4, -0.2) is 13.2 Å². The van der Waals surface area contributed by atoms with E-state index in [0.29, 0.717) is 0 Å². The fourth-order valence-electron chi connectivity index (χ4n) is 1.82. The molecule has 0 aromatic rings. The molecular formula is C15H29NO. The normalized spacial score (nSPS) is 13.4. The van der Waals surface area contributed by atoms with Gasteiger partial charge >= 0.3 is 0 Å². The van der Waals surface area contributed by atoms with Crippen molar-refractivity contribution >= 4 is 0 Å². The Labute approximate surface area is 107 Å². The summed E-state index contributed by atoms with van der Waals surface area (Å²) in [6.45, 7) is 10.1. The zero-order valence-electron chi connectivity index (χ0n) is 12.1. The van der Waals surface area contributed by atoms with Gasteiger partial charge < -0.3 is 4.74 Å². The van der Waals surface area contributed by atoms with Gasteiger partial charge in [0.25, 0.3) is 0 Å². The van der Waals surface area contributed by atoms with Crippen LogP contribution in [0.15, 0.2) is 0 Å². The predicted molar refractivity (Wildman–Crippen MR) is 72.8 cm³/mol. The molecule has 0 spiro atoms. The second kappa shape index (κ2) is 9.48. The molecule has 0 saturated heterocycles. The zero-order chi connectivity index (χ0) is 13.1. The van der Waals surface area contributed by atoms with E-state index in [0.717, 1.165) is 32.0 Å². The molecule has 0 saturated carbocycles. The number of unbranched alkanes of at least 4 members (excludes halogenated alkanes) is 1. The van der Waals surface area contributed by atoms with Gasteiger partial charge in [-0.15, -0.1) is 0 Å². The lowest BCUT2D eigenvalue weighted by Gasteiger charge is -2.17. The number of nitrogens with zero attached hydrogens (tertiary/aromatic N) is 1. The molecule has 0 rings (SSSR count). The Morgan fingerprint density at radius 1 is 1.24 bits per heavy atom. The van der Waals surface area contributed by atoms with Crippen molar-refractivity contribution in [1.82, 2.24) is 0 Å². The molecule has 0 heterocycles. The third-order valence-electron chi connectivity index (χ3n) is 3.29. The Kier molecular flexibility index (Phi) is 9.17. The average molecular weight is 239 g/mol. The minimum atomic E-state index is -0.199. The lowest BCUT2D eigenvalue weighted by atomic mass is 9.90. The third kappa shape index (κ3) is 9.18. The molecule has 0 aromatic carbocycles. The Morgan fingerprint density at radius 3 is 2.47 bits per heavy atom. The predicted octanol–water partition coefficient (Wildman–Crippen LogP) is 4.55. The molecular weight excluding hydrogens is 210 g/mol. The number of hydrogen-bond acceptors (Lipinski definition) is 2. The second-order valence-electron chi connectivity index (χ2n) is 5.59. The van der Waals surface area contributed by atoms with E-state index in [-0.39, 0.29) is 5.41 Å². The molecule has 100 valence electrons. The Bertz CT molecular complexity index is 217. The fourth-order valence-corrected chi connectivity index (χ4v) is 1.82. The van der Waals surface area contributed by atoms with Crippen LogP contribution in [0.4, 0.5) is 0 Å². The van der Waals surface area contributed by atoms with Gasteiger partial charge in [0.2, 0.25) is 0 Å². The number of nitriles is 1. The molecule has 1 unspecified atom stereocenters. The van der Waals surface area contributed by atoms with Gasteiger partial charge in [0.1, 0.15) is 0 Å². The molecule has 1 atom stereocenters. The van der Waals surface area contributed by atoms with E-state index in [9.17, 15) is 0 Å². The van der Waals surface area contributed by atoms with Gasteiger partial charge in [-0.25, -0.2) is 0 Å². The molecule has 0 radical (unpaired) electrons. The first kappa shape index (κ1) is 16.4. The summed E-state index contributed by atoms with van der Waals surface area (Å²) in [6.07, 6.45) is 7.00. The van der Waals surface area contributed by atoms with Crippen LogP contribution in [0.3, 0.4) is 0 Å². The van der Waals surface area contributed by atoms with E-state index in [2.05, 4.69) is 19.9 Å². The smallest absolute Gasteiger partial charge is 0.0683 e. The van der Waals surface area contributed by atoms with Crippen molar-refractivity contribution < 1.29 is 4.74 Å². The number of ether oxygens (including phenoxy) is 1. The van der Waals surface area contributed by atoms with Crippen LogP contribution in [0.5, 0.6) is 0 Å². The molecule has 17 heavy (non-hydrogen) atoms. The van der Waals surface area contributed by atoms with Gasteiger partial charge in [-0.3, -0.25) is 0 Å². The van der Waals surface area contributed by atoms with Crippen molar-refractivity contribution in [2.75, 3.05) is 13.2 Å². The maximum Gasteiger partial charge on any atom is 0.0683 e. The van der Waals surface area contributed by atoms with Crippen LogP contribution in [-0.2, 0) is 4.74 Å². The Hall–Kier alpha value is -0.550. The van der Waals surface area contributed by atoms with Crippen molar-refractivity contribution in [3.63, 3.8) is 0 Å². The van der Waals surface area contributed by atoms with Gasteiger partial charge in [0.15, 0.2) is 0 Å². The Morgan fingerprint density at radius 2 is 1.94 bits per heavy atom. The van der Waals surface area contributed by atoms with Gasteiger partial charge in [-0.05, 0) is 39.0 Å². The highest BCUT2D eigenvalue weighted by Gasteiger charge is 2.15. The molecule has 0 aliphatic rings. The van der Waals surface area contributed by atoms with Crippen LogP contribution in [0.25, 0.3) is 0 Å². The zero-order valence-corrected chi connectivity index (χ0v) is 12.1. The first-order valence-electron chi connectivity index (χ1n) is 7.04. The van der Waals surface area contributed by atoms with Crippen molar-refractivity contribution in [2.24, 2.45) is 11.3 Å². The molecule has 0 amide bonds. The van der Waals surface area contributed by atoms with Crippen molar-refractivity contribution in [3.05, 3.63) is 0 Å². The van der Waals surface area contributed by atoms with E-state index < -0.39 is 0 Å². The summed E-state index contributed by atoms with van der Waals surface area (Å²) < 4.78 is 5.71. The van der Waals surface area contributed by atoms with E-state index in [1.54, 1.807) is 0 Å². The first-order chi connectivity index (χ1) is 8.05. The molecule has 2 nitrogen and oxygen atoms in total. The highest BCUT2D eigenvalue weighted by molar-refractivity contribution is 4.91. The van der Waals surface area contributed by atoms with Crippen LogP contribution < -0.4 is 0 Å². The van der Waals surface area contributed by atoms with Crippen molar-refractivity contribution in [1.29, 1.82) is 5.26 Å². The Balaban J connectivity index is 3.53. The summed E-state index contributed by atoms with van der Waals surface area (Å²) in [6, 6.07) is 2.32. The fraction of sp³-hybridized carbons (Fsp3) is 0.933. The largest absolute Gasteiger partial charge is 0.381 e. The molecule has 0 bridgehead atoms. The summed E-state index contributed by atoms with van der Waals surface area (Å²) in [5.41, 5.74) is -0.199. The van der Waals surface area contributed by atoms with Crippen LogP contribution in [0.1, 0.15) is 66.2 Å². The van der Waals surface area contributed by atoms with E-state index in [1.165, 1.54) is 25.7 Å². The van der Waals surface area contributed by atoms with E-state index in [4.69, 9.17) is 10.00 Å². The van der Waals surface area contributed by atoms with Gasteiger partial charge in [0, 0.05) is 13.2 Å². The van der Waals surface area contributed by atoms with Gasteiger partial charge in [0.05, 0.1) is 11.5 Å². The summed E-state index contributed by atoms with van der Waals surface area (Å²) in [4.78, 5) is 0. The topological polar surface area (TPSA) is 33.0 Å². The van der Waals surface area contributed by atoms with E-state index >= 15 is 0 Å². The second-order valence-corrected chi connectivity index (χ2v) is 5.59. The minimum Gasteiger partial charge on any atom is -0.381 e. The maximum atomic E-state index is 8.88. The van der Waals surface area contributed by atoms with Crippen molar-refractivity contribution in [2.45, 2.75) is 66.2 Å². The summed E-state index contributed by atoms with van der Waals surface area (Å²) in [5, 5.41) is 8.88.